The number of H-pyrrole nitrogens is 2. The molecule has 156 valence electrons. The van der Waals surface area contributed by atoms with Crippen LogP contribution in [0.3, 0.4) is 0 Å². The maximum Gasteiger partial charge on any atom is 0.323 e. The Morgan fingerprint density at radius 1 is 0.900 bits per heavy atom. The molecule has 1 aromatic heterocycles. The molecule has 0 spiro atoms. The van der Waals surface area contributed by atoms with Gasteiger partial charge >= 0.3 is 5.69 Å². The van der Waals surface area contributed by atoms with Gasteiger partial charge in [0.1, 0.15) is 6.61 Å². The first-order valence-electron chi connectivity index (χ1n) is 9.42. The summed E-state index contributed by atoms with van der Waals surface area (Å²) in [7, 11) is 1.64. The van der Waals surface area contributed by atoms with Crippen LogP contribution < -0.4 is 32.9 Å². The Morgan fingerprint density at radius 2 is 1.73 bits per heavy atom. The predicted molar refractivity (Wildman–Crippen MR) is 115 cm³/mol. The second-order valence-corrected chi connectivity index (χ2v) is 6.96. The summed E-state index contributed by atoms with van der Waals surface area (Å²) in [4.78, 5) is 16.9. The van der Waals surface area contributed by atoms with Gasteiger partial charge in [0, 0.05) is 12.2 Å². The highest BCUT2D eigenvalue weighted by Crippen LogP contribution is 2.29. The van der Waals surface area contributed by atoms with Crippen LogP contribution >= 0.6 is 0 Å². The third-order valence-corrected chi connectivity index (χ3v) is 4.72. The second-order valence-electron chi connectivity index (χ2n) is 6.96. The number of fused-ring (bicyclic) bond motifs is 1. The van der Waals surface area contributed by atoms with Crippen molar-refractivity contribution < 1.29 is 21.9 Å². The summed E-state index contributed by atoms with van der Waals surface area (Å²) in [6, 6.07) is 19.9. The molecule has 0 amide bonds. The minimum Gasteiger partial charge on any atom is -1.00 e. The molecule has 4 rings (SSSR count). The van der Waals surface area contributed by atoms with Crippen LogP contribution in [0.5, 0.6) is 11.5 Å². The number of aryl methyl sites for hydroxylation is 1. The minimum absolute atomic E-state index is 0. The summed E-state index contributed by atoms with van der Waals surface area (Å²) in [5, 5.41) is 3.36. The molecule has 0 fully saturated rings. The SMILES string of the molecule is COc1cc(CNc2ccc3[nH]c(=O)[nH]c3c2)ccc1OCc1cccc(C)c1.[Cl-]. The van der Waals surface area contributed by atoms with Gasteiger partial charge in [0.15, 0.2) is 11.5 Å². The highest BCUT2D eigenvalue weighted by Gasteiger charge is 2.07. The van der Waals surface area contributed by atoms with E-state index in [2.05, 4.69) is 34.3 Å². The van der Waals surface area contributed by atoms with Crippen LogP contribution in [-0.2, 0) is 13.2 Å². The van der Waals surface area contributed by atoms with Crippen molar-refractivity contribution in [3.8, 4) is 11.5 Å². The van der Waals surface area contributed by atoms with Crippen molar-refractivity contribution in [2.75, 3.05) is 12.4 Å². The molecule has 7 heteroatoms. The van der Waals surface area contributed by atoms with Gasteiger partial charge in [-0.05, 0) is 48.4 Å². The molecule has 0 bridgehead atoms. The van der Waals surface area contributed by atoms with Crippen molar-refractivity contribution in [2.24, 2.45) is 0 Å². The summed E-state index contributed by atoms with van der Waals surface area (Å²) < 4.78 is 11.5. The molecule has 0 radical (unpaired) electrons. The van der Waals surface area contributed by atoms with Crippen LogP contribution in [-0.4, -0.2) is 17.1 Å². The Morgan fingerprint density at radius 3 is 2.53 bits per heavy atom. The molecule has 6 nitrogen and oxygen atoms in total. The van der Waals surface area contributed by atoms with Crippen molar-refractivity contribution in [2.45, 2.75) is 20.1 Å². The van der Waals surface area contributed by atoms with Gasteiger partial charge in [-0.3, -0.25) is 0 Å². The molecule has 0 aliphatic carbocycles. The van der Waals surface area contributed by atoms with Crippen LogP contribution in [0, 0.1) is 6.92 Å². The minimum atomic E-state index is -0.205. The van der Waals surface area contributed by atoms with Gasteiger partial charge in [-0.15, -0.1) is 0 Å². The molecular formula is C23H23ClN3O3-. The van der Waals surface area contributed by atoms with Crippen molar-refractivity contribution in [1.29, 1.82) is 0 Å². The maximum atomic E-state index is 11.4. The molecular weight excluding hydrogens is 402 g/mol. The summed E-state index contributed by atoms with van der Waals surface area (Å²) in [6.07, 6.45) is 0. The van der Waals surface area contributed by atoms with E-state index in [1.807, 2.05) is 48.5 Å². The standard InChI is InChI=1S/C23H23N3O3.ClH/c1-15-4-3-5-17(10-15)14-29-21-9-6-16(11-22(21)28-2)13-24-18-7-8-19-20(12-18)26-23(27)25-19;/h3-12,24H,13-14H2,1-2H3,(H2,25,26,27);1H/p-1. The Balaban J connectivity index is 0.00000256. The van der Waals surface area contributed by atoms with Crippen molar-refractivity contribution >= 4 is 16.7 Å². The monoisotopic (exact) mass is 424 g/mol. The third-order valence-electron chi connectivity index (χ3n) is 4.72. The zero-order chi connectivity index (χ0) is 20.2. The molecule has 3 aromatic carbocycles. The predicted octanol–water partition coefficient (Wildman–Crippen LogP) is 1.37. The van der Waals surface area contributed by atoms with Crippen LogP contribution in [0.2, 0.25) is 0 Å². The second kappa shape index (κ2) is 9.41. The van der Waals surface area contributed by atoms with Crippen molar-refractivity contribution in [3.63, 3.8) is 0 Å². The Kier molecular flexibility index (Phi) is 6.69. The number of methoxy groups -OCH3 is 1. The molecule has 1 heterocycles. The van der Waals surface area contributed by atoms with E-state index in [4.69, 9.17) is 9.47 Å². The molecule has 4 aromatic rings. The van der Waals surface area contributed by atoms with Crippen LogP contribution in [0.1, 0.15) is 16.7 Å². The fourth-order valence-corrected chi connectivity index (χ4v) is 3.25. The topological polar surface area (TPSA) is 79.1 Å². The molecule has 0 unspecified atom stereocenters. The first-order valence-corrected chi connectivity index (χ1v) is 9.42. The number of nitrogens with one attached hydrogen (secondary N) is 3. The number of halogens is 1. The normalized spacial score (nSPS) is 10.5. The number of anilines is 1. The first-order chi connectivity index (χ1) is 14.1. The Bertz CT molecular complexity index is 1200. The Hall–Kier alpha value is -3.38. The van der Waals surface area contributed by atoms with Gasteiger partial charge in [-0.25, -0.2) is 4.79 Å². The number of hydrogen-bond donors (Lipinski definition) is 3. The molecule has 0 atom stereocenters. The van der Waals surface area contributed by atoms with E-state index in [1.54, 1.807) is 7.11 Å². The summed E-state index contributed by atoms with van der Waals surface area (Å²) in [6.45, 7) is 3.18. The number of benzene rings is 3. The zero-order valence-corrected chi connectivity index (χ0v) is 17.5. The maximum absolute atomic E-state index is 11.4. The van der Waals surface area contributed by atoms with E-state index in [-0.39, 0.29) is 18.1 Å². The molecule has 0 saturated heterocycles. The molecule has 30 heavy (non-hydrogen) atoms. The van der Waals surface area contributed by atoms with Gasteiger partial charge in [0.25, 0.3) is 0 Å². The number of aromatic nitrogens is 2. The first kappa shape index (κ1) is 21.3. The van der Waals surface area contributed by atoms with E-state index in [0.29, 0.717) is 24.7 Å². The summed E-state index contributed by atoms with van der Waals surface area (Å²) in [5.41, 5.74) is 5.68. The lowest BCUT2D eigenvalue weighted by molar-refractivity contribution is -0.00000662. The smallest absolute Gasteiger partial charge is 0.323 e. The highest BCUT2D eigenvalue weighted by atomic mass is 35.5. The fraction of sp³-hybridized carbons (Fsp3) is 0.174. The fourth-order valence-electron chi connectivity index (χ4n) is 3.25. The third kappa shape index (κ3) is 4.96. The van der Waals surface area contributed by atoms with E-state index in [1.165, 1.54) is 5.56 Å². The van der Waals surface area contributed by atoms with E-state index < -0.39 is 0 Å². The number of aromatic amines is 2. The van der Waals surface area contributed by atoms with Gasteiger partial charge in [0.2, 0.25) is 0 Å². The van der Waals surface area contributed by atoms with Gasteiger partial charge < -0.3 is 37.2 Å². The van der Waals surface area contributed by atoms with Crippen LogP contribution in [0.4, 0.5) is 5.69 Å². The highest BCUT2D eigenvalue weighted by molar-refractivity contribution is 5.78. The van der Waals surface area contributed by atoms with E-state index >= 15 is 0 Å². The van der Waals surface area contributed by atoms with Gasteiger partial charge in [0.05, 0.1) is 18.1 Å². The van der Waals surface area contributed by atoms with Gasteiger partial charge in [-0.2, -0.15) is 0 Å². The number of imidazole rings is 1. The van der Waals surface area contributed by atoms with Crippen LogP contribution in [0.15, 0.2) is 65.5 Å². The molecule has 3 N–H and O–H groups in total. The van der Waals surface area contributed by atoms with Gasteiger partial charge in [-0.1, -0.05) is 35.9 Å². The summed E-state index contributed by atoms with van der Waals surface area (Å²) in [5.74, 6) is 1.41. The van der Waals surface area contributed by atoms with Crippen LogP contribution in [0.25, 0.3) is 11.0 Å². The van der Waals surface area contributed by atoms with Crippen molar-refractivity contribution in [1.82, 2.24) is 9.97 Å². The lowest BCUT2D eigenvalue weighted by Gasteiger charge is -2.13. The van der Waals surface area contributed by atoms with Crippen molar-refractivity contribution in [3.05, 3.63) is 87.8 Å². The molecule has 0 aliphatic heterocycles. The zero-order valence-electron chi connectivity index (χ0n) is 16.8. The largest absolute Gasteiger partial charge is 1.00 e. The van der Waals surface area contributed by atoms with E-state index in [0.717, 1.165) is 27.8 Å². The Labute approximate surface area is 180 Å². The summed E-state index contributed by atoms with van der Waals surface area (Å²) >= 11 is 0. The molecule has 0 aliphatic rings. The quantitative estimate of drug-likeness (QED) is 0.418. The number of hydrogen-bond acceptors (Lipinski definition) is 4. The number of rotatable bonds is 7. The lowest BCUT2D eigenvalue weighted by Crippen LogP contribution is -3.00. The molecule has 0 saturated carbocycles. The average Bonchev–Trinajstić information content (AvgIpc) is 3.10. The van der Waals surface area contributed by atoms with E-state index in [9.17, 15) is 4.79 Å². The lowest BCUT2D eigenvalue weighted by atomic mass is 10.1. The average molecular weight is 425 g/mol. The number of ether oxygens (including phenoxy) is 2.